The SMILES string of the molecule is OC(CNc1ccc(Cl)cn1)C(F)F. The number of nitrogens with one attached hydrogen (secondary N) is 1. The van der Waals surface area contributed by atoms with Crippen LogP contribution in [0.4, 0.5) is 14.6 Å². The molecular weight excluding hydrogens is 214 g/mol. The molecule has 0 aromatic carbocycles. The topological polar surface area (TPSA) is 45.1 Å². The maximum absolute atomic E-state index is 11.9. The van der Waals surface area contributed by atoms with Crippen molar-refractivity contribution in [1.82, 2.24) is 4.98 Å². The Morgan fingerprint density at radius 2 is 2.21 bits per heavy atom. The summed E-state index contributed by atoms with van der Waals surface area (Å²) in [6.45, 7) is -0.244. The zero-order chi connectivity index (χ0) is 10.6. The highest BCUT2D eigenvalue weighted by Gasteiger charge is 2.15. The molecule has 0 aliphatic carbocycles. The van der Waals surface area contributed by atoms with Crippen LogP contribution in [0.3, 0.4) is 0 Å². The Labute approximate surface area is 84.7 Å². The molecule has 1 unspecified atom stereocenters. The molecule has 14 heavy (non-hydrogen) atoms. The molecule has 2 N–H and O–H groups in total. The van der Waals surface area contributed by atoms with E-state index in [2.05, 4.69) is 10.3 Å². The van der Waals surface area contributed by atoms with E-state index in [-0.39, 0.29) is 6.54 Å². The number of pyridine rings is 1. The number of aromatic nitrogens is 1. The molecule has 0 radical (unpaired) electrons. The van der Waals surface area contributed by atoms with Gasteiger partial charge in [-0.2, -0.15) is 0 Å². The number of hydrogen-bond acceptors (Lipinski definition) is 3. The molecule has 3 nitrogen and oxygen atoms in total. The highest BCUT2D eigenvalue weighted by Crippen LogP contribution is 2.10. The van der Waals surface area contributed by atoms with E-state index in [1.54, 1.807) is 12.1 Å². The van der Waals surface area contributed by atoms with Crippen LogP contribution < -0.4 is 5.32 Å². The lowest BCUT2D eigenvalue weighted by Crippen LogP contribution is -2.26. The molecular formula is C8H9ClF2N2O. The zero-order valence-corrected chi connectivity index (χ0v) is 7.88. The van der Waals surface area contributed by atoms with Gasteiger partial charge in [-0.15, -0.1) is 0 Å². The molecule has 0 fully saturated rings. The quantitative estimate of drug-likeness (QED) is 0.816. The molecule has 1 aromatic rings. The van der Waals surface area contributed by atoms with Gasteiger partial charge < -0.3 is 10.4 Å². The molecule has 1 atom stereocenters. The van der Waals surface area contributed by atoms with Crippen LogP contribution in [0.1, 0.15) is 0 Å². The van der Waals surface area contributed by atoms with Crippen LogP contribution in [-0.2, 0) is 0 Å². The summed E-state index contributed by atoms with van der Waals surface area (Å²) in [5.41, 5.74) is 0. The van der Waals surface area contributed by atoms with E-state index in [1.165, 1.54) is 6.20 Å². The van der Waals surface area contributed by atoms with Crippen molar-refractivity contribution in [2.45, 2.75) is 12.5 Å². The van der Waals surface area contributed by atoms with Gasteiger partial charge in [-0.25, -0.2) is 13.8 Å². The molecule has 0 saturated heterocycles. The maximum Gasteiger partial charge on any atom is 0.265 e. The average Bonchev–Trinajstić information content (AvgIpc) is 2.16. The lowest BCUT2D eigenvalue weighted by molar-refractivity contribution is 0.00381. The van der Waals surface area contributed by atoms with E-state index >= 15 is 0 Å². The van der Waals surface area contributed by atoms with Crippen LogP contribution >= 0.6 is 11.6 Å². The van der Waals surface area contributed by atoms with E-state index in [9.17, 15) is 8.78 Å². The van der Waals surface area contributed by atoms with Crippen LogP contribution in [-0.4, -0.2) is 29.2 Å². The first-order valence-electron chi connectivity index (χ1n) is 3.91. The molecule has 1 rings (SSSR count). The summed E-state index contributed by atoms with van der Waals surface area (Å²) in [4.78, 5) is 3.81. The number of nitrogens with zero attached hydrogens (tertiary/aromatic N) is 1. The molecule has 1 aromatic heterocycles. The lowest BCUT2D eigenvalue weighted by atomic mass is 10.3. The Morgan fingerprint density at radius 1 is 1.50 bits per heavy atom. The predicted molar refractivity (Wildman–Crippen MR) is 49.7 cm³/mol. The van der Waals surface area contributed by atoms with Gasteiger partial charge in [0.05, 0.1) is 5.02 Å². The first-order valence-corrected chi connectivity index (χ1v) is 4.29. The fourth-order valence-electron chi connectivity index (χ4n) is 0.779. The van der Waals surface area contributed by atoms with Gasteiger partial charge in [-0.1, -0.05) is 11.6 Å². The molecule has 0 aliphatic heterocycles. The Hall–Kier alpha value is -0.940. The number of halogens is 3. The third-order valence-electron chi connectivity index (χ3n) is 1.51. The standard InChI is InChI=1S/C8H9ClF2N2O/c9-5-1-2-7(12-3-5)13-4-6(14)8(10)11/h1-3,6,8,14H,4H2,(H,12,13). The van der Waals surface area contributed by atoms with Crippen LogP contribution in [0, 0.1) is 0 Å². The van der Waals surface area contributed by atoms with Crippen molar-refractivity contribution < 1.29 is 13.9 Å². The first-order chi connectivity index (χ1) is 6.59. The molecule has 0 amide bonds. The van der Waals surface area contributed by atoms with E-state index in [4.69, 9.17) is 16.7 Å². The minimum Gasteiger partial charge on any atom is -0.385 e. The Balaban J connectivity index is 2.42. The van der Waals surface area contributed by atoms with E-state index < -0.39 is 12.5 Å². The molecule has 0 aliphatic rings. The number of alkyl halides is 2. The summed E-state index contributed by atoms with van der Waals surface area (Å²) in [6, 6.07) is 3.12. The Kier molecular flexibility index (Phi) is 4.03. The zero-order valence-electron chi connectivity index (χ0n) is 7.12. The molecule has 0 spiro atoms. The van der Waals surface area contributed by atoms with Crippen LogP contribution in [0.25, 0.3) is 0 Å². The van der Waals surface area contributed by atoms with Crippen LogP contribution in [0.2, 0.25) is 5.02 Å². The summed E-state index contributed by atoms with van der Waals surface area (Å²) in [5, 5.41) is 11.8. The van der Waals surface area contributed by atoms with Gasteiger partial charge in [0.15, 0.2) is 0 Å². The fourth-order valence-corrected chi connectivity index (χ4v) is 0.890. The predicted octanol–water partition coefficient (Wildman–Crippen LogP) is 1.77. The number of hydrogen-bond donors (Lipinski definition) is 2. The van der Waals surface area contributed by atoms with Gasteiger partial charge in [0.25, 0.3) is 6.43 Å². The Morgan fingerprint density at radius 3 is 2.71 bits per heavy atom. The second-order valence-corrected chi connectivity index (χ2v) is 3.08. The van der Waals surface area contributed by atoms with E-state index in [1.807, 2.05) is 0 Å². The van der Waals surface area contributed by atoms with Crippen molar-refractivity contribution in [3.05, 3.63) is 23.4 Å². The third kappa shape index (κ3) is 3.43. The van der Waals surface area contributed by atoms with Gasteiger partial charge in [-0.3, -0.25) is 0 Å². The van der Waals surface area contributed by atoms with E-state index in [0.29, 0.717) is 10.8 Å². The summed E-state index contributed by atoms with van der Waals surface area (Å²) in [6.07, 6.45) is -3.05. The number of anilines is 1. The van der Waals surface area contributed by atoms with Crippen molar-refractivity contribution in [3.63, 3.8) is 0 Å². The van der Waals surface area contributed by atoms with Crippen molar-refractivity contribution in [1.29, 1.82) is 0 Å². The monoisotopic (exact) mass is 222 g/mol. The second kappa shape index (κ2) is 5.07. The number of rotatable bonds is 4. The lowest BCUT2D eigenvalue weighted by Gasteiger charge is -2.10. The summed E-state index contributed by atoms with van der Waals surface area (Å²) in [7, 11) is 0. The fraction of sp³-hybridized carbons (Fsp3) is 0.375. The van der Waals surface area contributed by atoms with Gasteiger partial charge in [0.1, 0.15) is 11.9 Å². The van der Waals surface area contributed by atoms with Gasteiger partial charge in [-0.05, 0) is 12.1 Å². The highest BCUT2D eigenvalue weighted by molar-refractivity contribution is 6.30. The molecule has 0 saturated carbocycles. The molecule has 6 heteroatoms. The van der Waals surface area contributed by atoms with Gasteiger partial charge >= 0.3 is 0 Å². The molecule has 1 heterocycles. The summed E-state index contributed by atoms with van der Waals surface area (Å²) >= 11 is 5.57. The molecule has 78 valence electrons. The van der Waals surface area contributed by atoms with Crippen LogP contribution in [0.5, 0.6) is 0 Å². The summed E-state index contributed by atoms with van der Waals surface area (Å²) < 4.78 is 23.7. The van der Waals surface area contributed by atoms with E-state index in [0.717, 1.165) is 0 Å². The van der Waals surface area contributed by atoms with Crippen molar-refractivity contribution >= 4 is 17.4 Å². The van der Waals surface area contributed by atoms with Gasteiger partial charge in [0, 0.05) is 12.7 Å². The number of aliphatic hydroxyl groups excluding tert-OH is 1. The van der Waals surface area contributed by atoms with Crippen molar-refractivity contribution in [3.8, 4) is 0 Å². The van der Waals surface area contributed by atoms with Crippen molar-refractivity contribution in [2.75, 3.05) is 11.9 Å². The third-order valence-corrected chi connectivity index (χ3v) is 1.73. The summed E-state index contributed by atoms with van der Waals surface area (Å²) in [5.74, 6) is 0.397. The Bertz CT molecular complexity index is 281. The largest absolute Gasteiger partial charge is 0.385 e. The van der Waals surface area contributed by atoms with Crippen LogP contribution in [0.15, 0.2) is 18.3 Å². The minimum absolute atomic E-state index is 0.244. The first kappa shape index (κ1) is 11.1. The maximum atomic E-state index is 11.9. The molecule has 0 bridgehead atoms. The second-order valence-electron chi connectivity index (χ2n) is 2.64. The smallest absolute Gasteiger partial charge is 0.265 e. The number of aliphatic hydroxyl groups is 1. The minimum atomic E-state index is -2.75. The van der Waals surface area contributed by atoms with Crippen molar-refractivity contribution in [2.24, 2.45) is 0 Å². The normalized spacial score (nSPS) is 12.9. The highest BCUT2D eigenvalue weighted by atomic mass is 35.5. The average molecular weight is 223 g/mol. The van der Waals surface area contributed by atoms with Gasteiger partial charge in [0.2, 0.25) is 0 Å².